The van der Waals surface area contributed by atoms with Crippen molar-refractivity contribution in [2.75, 3.05) is 33.3 Å². The molecule has 35 heavy (non-hydrogen) atoms. The first kappa shape index (κ1) is 25.4. The molecule has 184 valence electrons. The fourth-order valence-electron chi connectivity index (χ4n) is 3.60. The molecule has 2 N–H and O–H groups in total. The lowest BCUT2D eigenvalue weighted by atomic mass is 10.0. The Balaban J connectivity index is 1.97. The summed E-state index contributed by atoms with van der Waals surface area (Å²) in [6.45, 7) is 4.10. The number of rotatable bonds is 10. The maximum absolute atomic E-state index is 13.8. The number of ether oxygens (including phenoxy) is 3. The average molecular weight is 478 g/mol. The van der Waals surface area contributed by atoms with Gasteiger partial charge in [-0.2, -0.15) is 0 Å². The van der Waals surface area contributed by atoms with E-state index in [1.54, 1.807) is 62.8 Å². The Bertz CT molecular complexity index is 1160. The van der Waals surface area contributed by atoms with Crippen molar-refractivity contribution >= 4 is 17.5 Å². The van der Waals surface area contributed by atoms with Gasteiger partial charge in [-0.15, -0.1) is 0 Å². The van der Waals surface area contributed by atoms with Crippen molar-refractivity contribution in [3.8, 4) is 17.2 Å². The first-order valence-corrected chi connectivity index (χ1v) is 11.2. The minimum absolute atomic E-state index is 0.347. The van der Waals surface area contributed by atoms with Gasteiger partial charge in [0.2, 0.25) is 0 Å². The fourth-order valence-corrected chi connectivity index (χ4v) is 3.60. The monoisotopic (exact) mass is 477 g/mol. The van der Waals surface area contributed by atoms with Crippen LogP contribution in [0.4, 0.5) is 5.69 Å². The molecule has 8 heteroatoms. The molecule has 0 spiro atoms. The van der Waals surface area contributed by atoms with Crippen molar-refractivity contribution in [2.45, 2.75) is 19.9 Å². The quantitative estimate of drug-likeness (QED) is 0.422. The van der Waals surface area contributed by atoms with E-state index < -0.39 is 6.04 Å². The predicted octanol–water partition coefficient (Wildman–Crippen LogP) is 4.37. The van der Waals surface area contributed by atoms with Crippen LogP contribution in [-0.2, 0) is 4.79 Å². The molecule has 3 aromatic rings. The normalized spacial score (nSPS) is 11.2. The molecule has 0 radical (unpaired) electrons. The van der Waals surface area contributed by atoms with Crippen LogP contribution in [0, 0.1) is 6.92 Å². The van der Waals surface area contributed by atoms with Crippen molar-refractivity contribution in [1.82, 2.24) is 10.3 Å². The Kier molecular flexibility index (Phi) is 8.56. The minimum Gasteiger partial charge on any atom is -0.497 e. The molecular weight excluding hydrogens is 446 g/mol. The van der Waals surface area contributed by atoms with Gasteiger partial charge >= 0.3 is 0 Å². The summed E-state index contributed by atoms with van der Waals surface area (Å²) in [5.41, 5.74) is 5.74. The number of hydrazine groups is 1. The molecule has 0 fully saturated rings. The van der Waals surface area contributed by atoms with Crippen LogP contribution in [0.15, 0.2) is 66.7 Å². The van der Waals surface area contributed by atoms with Crippen molar-refractivity contribution < 1.29 is 23.8 Å². The van der Waals surface area contributed by atoms with E-state index in [0.717, 1.165) is 5.56 Å². The second-order valence-corrected chi connectivity index (χ2v) is 7.81. The molecule has 0 aliphatic rings. The zero-order valence-corrected chi connectivity index (χ0v) is 20.6. The molecule has 3 rings (SSSR count). The van der Waals surface area contributed by atoms with E-state index in [1.807, 2.05) is 32.0 Å². The lowest BCUT2D eigenvalue weighted by molar-refractivity contribution is -0.132. The second-order valence-electron chi connectivity index (χ2n) is 7.81. The third-order valence-electron chi connectivity index (χ3n) is 5.49. The number of carbonyl (C=O) groups is 2. The summed E-state index contributed by atoms with van der Waals surface area (Å²) in [4.78, 5) is 27.0. The number of benzene rings is 3. The highest BCUT2D eigenvalue weighted by atomic mass is 16.5. The number of anilines is 1. The minimum atomic E-state index is -1.02. The lowest BCUT2D eigenvalue weighted by Crippen LogP contribution is -2.45. The highest BCUT2D eigenvalue weighted by Crippen LogP contribution is 2.31. The maximum atomic E-state index is 13.8. The van der Waals surface area contributed by atoms with E-state index in [-0.39, 0.29) is 11.8 Å². The summed E-state index contributed by atoms with van der Waals surface area (Å²) in [6.07, 6.45) is 0. The van der Waals surface area contributed by atoms with Gasteiger partial charge in [-0.1, -0.05) is 17.7 Å². The number of methoxy groups -OCH3 is 3. The second kappa shape index (κ2) is 11.8. The number of carbonyl (C=O) groups excluding carboxylic acids is 2. The number of nitrogens with one attached hydrogen (secondary N) is 2. The standard InChI is InChI=1S/C27H31N3O5/c1-6-30(29-20-10-12-21(33-3)13-11-20)27(32)25(23-15-14-22(34-4)17-24(23)35-5)28-26(31)19-9-7-8-18(2)16-19/h7-17,25,29H,6H2,1-5H3,(H,28,31). The third kappa shape index (κ3) is 6.23. The zero-order valence-electron chi connectivity index (χ0n) is 20.6. The topological polar surface area (TPSA) is 89.1 Å². The number of aryl methyl sites for hydroxylation is 1. The van der Waals surface area contributed by atoms with Crippen LogP contribution < -0.4 is 25.0 Å². The molecule has 0 heterocycles. The van der Waals surface area contributed by atoms with Crippen LogP contribution in [0.3, 0.4) is 0 Å². The van der Waals surface area contributed by atoms with Crippen molar-refractivity contribution in [3.63, 3.8) is 0 Å². The Hall–Kier alpha value is -4.20. The van der Waals surface area contributed by atoms with Crippen LogP contribution >= 0.6 is 0 Å². The van der Waals surface area contributed by atoms with Gasteiger partial charge in [-0.05, 0) is 62.4 Å². The van der Waals surface area contributed by atoms with Crippen LogP contribution in [0.2, 0.25) is 0 Å². The van der Waals surface area contributed by atoms with Crippen molar-refractivity contribution in [2.24, 2.45) is 0 Å². The third-order valence-corrected chi connectivity index (χ3v) is 5.49. The number of nitrogens with zero attached hydrogens (tertiary/aromatic N) is 1. The summed E-state index contributed by atoms with van der Waals surface area (Å²) in [6, 6.07) is 18.5. The van der Waals surface area contributed by atoms with E-state index in [0.29, 0.717) is 40.6 Å². The summed E-state index contributed by atoms with van der Waals surface area (Å²) in [7, 11) is 4.65. The molecule has 0 saturated carbocycles. The van der Waals surface area contributed by atoms with E-state index in [9.17, 15) is 9.59 Å². The summed E-state index contributed by atoms with van der Waals surface area (Å²) < 4.78 is 16.0. The molecule has 0 bridgehead atoms. The van der Waals surface area contributed by atoms with Crippen LogP contribution in [0.5, 0.6) is 17.2 Å². The van der Waals surface area contributed by atoms with Gasteiger partial charge in [0.25, 0.3) is 11.8 Å². The highest BCUT2D eigenvalue weighted by Gasteiger charge is 2.30. The van der Waals surface area contributed by atoms with E-state index in [1.165, 1.54) is 12.1 Å². The SMILES string of the molecule is CCN(Nc1ccc(OC)cc1)C(=O)C(NC(=O)c1cccc(C)c1)c1ccc(OC)cc1OC. The summed E-state index contributed by atoms with van der Waals surface area (Å²) in [5, 5.41) is 4.35. The van der Waals surface area contributed by atoms with Crippen LogP contribution in [0.1, 0.15) is 34.5 Å². The molecule has 8 nitrogen and oxygen atoms in total. The van der Waals surface area contributed by atoms with Crippen LogP contribution in [0.25, 0.3) is 0 Å². The smallest absolute Gasteiger partial charge is 0.268 e. The Labute approximate surface area is 205 Å². The average Bonchev–Trinajstić information content (AvgIpc) is 2.89. The Morgan fingerprint density at radius 1 is 0.886 bits per heavy atom. The molecule has 0 aliphatic heterocycles. The number of hydrogen-bond donors (Lipinski definition) is 2. The van der Waals surface area contributed by atoms with E-state index in [4.69, 9.17) is 14.2 Å². The van der Waals surface area contributed by atoms with E-state index >= 15 is 0 Å². The van der Waals surface area contributed by atoms with Crippen LogP contribution in [-0.4, -0.2) is 44.7 Å². The van der Waals surface area contributed by atoms with Crippen molar-refractivity contribution in [3.05, 3.63) is 83.4 Å². The number of amides is 2. The molecule has 2 amide bonds. The van der Waals surface area contributed by atoms with Gasteiger partial charge in [0.1, 0.15) is 23.3 Å². The zero-order chi connectivity index (χ0) is 25.4. The summed E-state index contributed by atoms with van der Waals surface area (Å²) in [5.74, 6) is 0.979. The largest absolute Gasteiger partial charge is 0.497 e. The Morgan fingerprint density at radius 2 is 1.57 bits per heavy atom. The first-order valence-electron chi connectivity index (χ1n) is 11.2. The first-order chi connectivity index (χ1) is 16.9. The van der Waals surface area contributed by atoms with E-state index in [2.05, 4.69) is 10.7 Å². The lowest BCUT2D eigenvalue weighted by Gasteiger charge is -2.29. The molecule has 0 aliphatic carbocycles. The fraction of sp³-hybridized carbons (Fsp3) is 0.259. The predicted molar refractivity (Wildman–Crippen MR) is 135 cm³/mol. The number of likely N-dealkylation sites (N-methyl/N-ethyl adjacent to an activating group) is 1. The van der Waals surface area contributed by atoms with Gasteiger partial charge in [-0.25, -0.2) is 0 Å². The summed E-state index contributed by atoms with van der Waals surface area (Å²) >= 11 is 0. The molecule has 1 unspecified atom stereocenters. The molecule has 1 atom stereocenters. The number of hydrogen-bond acceptors (Lipinski definition) is 6. The van der Waals surface area contributed by atoms with Gasteiger partial charge in [0, 0.05) is 23.7 Å². The van der Waals surface area contributed by atoms with Gasteiger partial charge in [0.15, 0.2) is 0 Å². The van der Waals surface area contributed by atoms with Gasteiger partial charge in [-0.3, -0.25) is 20.0 Å². The highest BCUT2D eigenvalue weighted by molar-refractivity contribution is 5.98. The molecule has 0 aromatic heterocycles. The maximum Gasteiger partial charge on any atom is 0.268 e. The van der Waals surface area contributed by atoms with Gasteiger partial charge in [0.05, 0.1) is 27.0 Å². The molecule has 0 saturated heterocycles. The van der Waals surface area contributed by atoms with Crippen molar-refractivity contribution in [1.29, 1.82) is 0 Å². The Morgan fingerprint density at radius 3 is 2.17 bits per heavy atom. The van der Waals surface area contributed by atoms with Gasteiger partial charge < -0.3 is 19.5 Å². The molecule has 3 aromatic carbocycles. The molecular formula is C27H31N3O5.